The van der Waals surface area contributed by atoms with E-state index in [4.69, 9.17) is 0 Å². The zero-order valence-corrected chi connectivity index (χ0v) is 11.6. The predicted molar refractivity (Wildman–Crippen MR) is 81.3 cm³/mol. The van der Waals surface area contributed by atoms with Crippen LogP contribution in [0.4, 0.5) is 0 Å². The maximum atomic E-state index is 12.1. The third kappa shape index (κ3) is 4.05. The van der Waals surface area contributed by atoms with Crippen LogP contribution < -0.4 is 0 Å². The number of pyridine rings is 1. The maximum absolute atomic E-state index is 12.1. The number of amides is 1. The second-order valence-corrected chi connectivity index (χ2v) is 4.57. The van der Waals surface area contributed by atoms with E-state index < -0.39 is 0 Å². The topological polar surface area (TPSA) is 33.2 Å². The molecule has 0 bridgehead atoms. The van der Waals surface area contributed by atoms with Crippen molar-refractivity contribution in [2.24, 2.45) is 0 Å². The van der Waals surface area contributed by atoms with Crippen LogP contribution in [0.25, 0.3) is 6.08 Å². The van der Waals surface area contributed by atoms with Crippen LogP contribution in [0.3, 0.4) is 0 Å². The molecule has 0 saturated heterocycles. The lowest BCUT2D eigenvalue weighted by Crippen LogP contribution is -2.27. The van der Waals surface area contributed by atoms with E-state index in [0.29, 0.717) is 6.54 Å². The third-order valence-corrected chi connectivity index (χ3v) is 2.99. The van der Waals surface area contributed by atoms with E-state index in [2.05, 4.69) is 11.1 Å². The molecule has 1 heterocycles. The lowest BCUT2D eigenvalue weighted by molar-refractivity contribution is 0.0797. The molecule has 0 saturated carbocycles. The number of carbonyl (C=O) groups excluding carboxylic acids is 1. The highest BCUT2D eigenvalue weighted by molar-refractivity contribution is 5.93. The van der Waals surface area contributed by atoms with Crippen molar-refractivity contribution in [1.82, 2.24) is 9.88 Å². The van der Waals surface area contributed by atoms with Gasteiger partial charge in [-0.3, -0.25) is 9.78 Å². The summed E-state index contributed by atoms with van der Waals surface area (Å²) in [6.45, 7) is 0.699. The highest BCUT2D eigenvalue weighted by atomic mass is 16.2. The van der Waals surface area contributed by atoms with Crippen molar-refractivity contribution in [2.75, 3.05) is 13.6 Å². The average Bonchev–Trinajstić information content (AvgIpc) is 2.52. The summed E-state index contributed by atoms with van der Waals surface area (Å²) in [5.41, 5.74) is 1.80. The minimum absolute atomic E-state index is 0.0559. The van der Waals surface area contributed by atoms with Crippen LogP contribution in [0, 0.1) is 0 Å². The van der Waals surface area contributed by atoms with Gasteiger partial charge in [0.05, 0.1) is 0 Å². The van der Waals surface area contributed by atoms with Gasteiger partial charge in [-0.05, 0) is 30.2 Å². The van der Waals surface area contributed by atoms with Crippen LogP contribution in [0.5, 0.6) is 0 Å². The molecule has 0 aliphatic rings. The predicted octanol–water partition coefficient (Wildman–Crippen LogP) is 3.26. The fraction of sp³-hybridized carbons (Fsp3) is 0.176. The molecule has 0 aliphatic heterocycles. The van der Waals surface area contributed by atoms with Gasteiger partial charge in [-0.25, -0.2) is 0 Å². The summed E-state index contributed by atoms with van der Waals surface area (Å²) < 4.78 is 0. The molecule has 20 heavy (non-hydrogen) atoms. The van der Waals surface area contributed by atoms with Crippen LogP contribution in [0.1, 0.15) is 22.3 Å². The van der Waals surface area contributed by atoms with Crippen LogP contribution >= 0.6 is 0 Å². The summed E-state index contributed by atoms with van der Waals surface area (Å²) in [6, 6.07) is 13.3. The molecular formula is C17H18N2O. The Bertz CT molecular complexity index is 564. The standard InChI is InChI=1S/C17H18N2O/c1-19(17(20)16-10-3-2-4-11-16)13-6-5-8-15-9-7-12-18-14-15/h2-5,7-12,14H,6,13H2,1H3. The van der Waals surface area contributed by atoms with E-state index in [0.717, 1.165) is 17.5 Å². The molecule has 102 valence electrons. The Labute approximate surface area is 119 Å². The van der Waals surface area contributed by atoms with E-state index in [1.165, 1.54) is 0 Å². The molecule has 0 unspecified atom stereocenters. The fourth-order valence-electron chi connectivity index (χ4n) is 1.86. The third-order valence-electron chi connectivity index (χ3n) is 2.99. The first-order valence-electron chi connectivity index (χ1n) is 6.64. The second-order valence-electron chi connectivity index (χ2n) is 4.57. The van der Waals surface area contributed by atoms with E-state index >= 15 is 0 Å². The largest absolute Gasteiger partial charge is 0.341 e. The molecule has 3 heteroatoms. The quantitative estimate of drug-likeness (QED) is 0.832. The van der Waals surface area contributed by atoms with Crippen molar-refractivity contribution < 1.29 is 4.79 Å². The summed E-state index contributed by atoms with van der Waals surface area (Å²) in [4.78, 5) is 17.9. The molecule has 1 aromatic heterocycles. The van der Waals surface area contributed by atoms with Crippen molar-refractivity contribution >= 4 is 12.0 Å². The van der Waals surface area contributed by atoms with E-state index in [9.17, 15) is 4.79 Å². The molecule has 1 aromatic carbocycles. The molecule has 0 fully saturated rings. The average molecular weight is 266 g/mol. The van der Waals surface area contributed by atoms with Crippen molar-refractivity contribution in [1.29, 1.82) is 0 Å². The molecule has 3 nitrogen and oxygen atoms in total. The van der Waals surface area contributed by atoms with Gasteiger partial charge in [0, 0.05) is 31.5 Å². The van der Waals surface area contributed by atoms with Crippen molar-refractivity contribution in [3.63, 3.8) is 0 Å². The van der Waals surface area contributed by atoms with Crippen molar-refractivity contribution in [3.05, 3.63) is 72.1 Å². The van der Waals surface area contributed by atoms with Crippen molar-refractivity contribution in [2.45, 2.75) is 6.42 Å². The van der Waals surface area contributed by atoms with Gasteiger partial charge in [0.25, 0.3) is 5.91 Å². The molecule has 0 aliphatic carbocycles. The summed E-state index contributed by atoms with van der Waals surface area (Å²) in [5, 5.41) is 0. The molecule has 2 rings (SSSR count). The molecular weight excluding hydrogens is 248 g/mol. The van der Waals surface area contributed by atoms with Gasteiger partial charge in [0.15, 0.2) is 0 Å². The molecule has 0 atom stereocenters. The number of nitrogens with zero attached hydrogens (tertiary/aromatic N) is 2. The van der Waals surface area contributed by atoms with Crippen LogP contribution in [0.15, 0.2) is 60.9 Å². The van der Waals surface area contributed by atoms with Gasteiger partial charge in [0.1, 0.15) is 0 Å². The Morgan fingerprint density at radius 3 is 2.70 bits per heavy atom. The Morgan fingerprint density at radius 1 is 1.20 bits per heavy atom. The summed E-state index contributed by atoms with van der Waals surface area (Å²) >= 11 is 0. The van der Waals surface area contributed by atoms with Gasteiger partial charge in [-0.2, -0.15) is 0 Å². The highest BCUT2D eigenvalue weighted by Gasteiger charge is 2.09. The van der Waals surface area contributed by atoms with E-state index in [1.807, 2.05) is 61.8 Å². The number of aromatic nitrogens is 1. The van der Waals surface area contributed by atoms with Gasteiger partial charge < -0.3 is 4.90 Å². The molecule has 0 N–H and O–H groups in total. The minimum atomic E-state index is 0.0559. The highest BCUT2D eigenvalue weighted by Crippen LogP contribution is 2.05. The van der Waals surface area contributed by atoms with E-state index in [1.54, 1.807) is 11.1 Å². The summed E-state index contributed by atoms with van der Waals surface area (Å²) in [5.74, 6) is 0.0559. The number of hydrogen-bond donors (Lipinski definition) is 0. The number of hydrogen-bond acceptors (Lipinski definition) is 2. The van der Waals surface area contributed by atoms with Gasteiger partial charge in [-0.15, -0.1) is 0 Å². The first-order valence-corrected chi connectivity index (χ1v) is 6.64. The van der Waals surface area contributed by atoms with Crippen molar-refractivity contribution in [3.8, 4) is 0 Å². The van der Waals surface area contributed by atoms with Crippen LogP contribution in [-0.4, -0.2) is 29.4 Å². The van der Waals surface area contributed by atoms with Gasteiger partial charge >= 0.3 is 0 Å². The van der Waals surface area contributed by atoms with Gasteiger partial charge in [-0.1, -0.05) is 36.4 Å². The minimum Gasteiger partial charge on any atom is -0.341 e. The Hall–Kier alpha value is -2.42. The number of rotatable bonds is 5. The Balaban J connectivity index is 1.82. The fourth-order valence-corrected chi connectivity index (χ4v) is 1.86. The SMILES string of the molecule is CN(CCC=Cc1cccnc1)C(=O)c1ccccc1. The Morgan fingerprint density at radius 2 is 2.00 bits per heavy atom. The number of benzene rings is 1. The summed E-state index contributed by atoms with van der Waals surface area (Å²) in [7, 11) is 1.83. The monoisotopic (exact) mass is 266 g/mol. The van der Waals surface area contributed by atoms with E-state index in [-0.39, 0.29) is 5.91 Å². The lowest BCUT2D eigenvalue weighted by atomic mass is 10.2. The summed E-state index contributed by atoms with van der Waals surface area (Å²) in [6.07, 6.45) is 8.47. The molecule has 0 radical (unpaired) electrons. The second kappa shape index (κ2) is 7.24. The zero-order valence-electron chi connectivity index (χ0n) is 11.6. The zero-order chi connectivity index (χ0) is 14.2. The molecule has 1 amide bonds. The normalized spacial score (nSPS) is 10.7. The smallest absolute Gasteiger partial charge is 0.253 e. The van der Waals surface area contributed by atoms with Gasteiger partial charge in [0.2, 0.25) is 0 Å². The molecule has 0 spiro atoms. The lowest BCUT2D eigenvalue weighted by Gasteiger charge is -2.16. The van der Waals surface area contributed by atoms with Crippen LogP contribution in [0.2, 0.25) is 0 Å². The van der Waals surface area contributed by atoms with Crippen LogP contribution in [-0.2, 0) is 0 Å². The Kier molecular flexibility index (Phi) is 5.07. The molecule has 2 aromatic rings. The maximum Gasteiger partial charge on any atom is 0.253 e. The number of carbonyl (C=O) groups is 1. The first kappa shape index (κ1) is 14.0. The first-order chi connectivity index (χ1) is 9.77.